The molecule has 4 rings (SSSR count). The minimum atomic E-state index is -0.163. The molecular formula is C26H31N5O. The number of hydrogen-bond acceptors (Lipinski definition) is 4. The van der Waals surface area contributed by atoms with E-state index >= 15 is 0 Å². The van der Waals surface area contributed by atoms with E-state index in [0.29, 0.717) is 6.42 Å². The van der Waals surface area contributed by atoms with Crippen molar-refractivity contribution < 1.29 is 4.79 Å². The second-order valence-corrected chi connectivity index (χ2v) is 8.26. The lowest BCUT2D eigenvalue weighted by molar-refractivity contribution is -0.121. The SMILES string of the molecule is C[C@@H](NC(=O)CCc1ccccc1)c1nnc2n1CCN(C/C=C/c1ccccc1)CC2. The van der Waals surface area contributed by atoms with Crippen molar-refractivity contribution in [3.05, 3.63) is 89.5 Å². The maximum atomic E-state index is 12.5. The van der Waals surface area contributed by atoms with E-state index in [-0.39, 0.29) is 11.9 Å². The summed E-state index contributed by atoms with van der Waals surface area (Å²) in [6.45, 7) is 5.62. The molecule has 1 aliphatic rings. The van der Waals surface area contributed by atoms with Crippen molar-refractivity contribution in [3.8, 4) is 0 Å². The molecule has 1 aliphatic heterocycles. The van der Waals surface area contributed by atoms with Crippen molar-refractivity contribution in [2.75, 3.05) is 19.6 Å². The van der Waals surface area contributed by atoms with E-state index in [4.69, 9.17) is 0 Å². The number of aromatic nitrogens is 3. The van der Waals surface area contributed by atoms with Gasteiger partial charge in [0.15, 0.2) is 5.82 Å². The van der Waals surface area contributed by atoms with Gasteiger partial charge in [0.05, 0.1) is 6.04 Å². The van der Waals surface area contributed by atoms with Gasteiger partial charge in [-0.1, -0.05) is 72.8 Å². The van der Waals surface area contributed by atoms with Crippen LogP contribution in [0.15, 0.2) is 66.7 Å². The molecule has 0 bridgehead atoms. The molecule has 6 heteroatoms. The first-order chi connectivity index (χ1) is 15.7. The van der Waals surface area contributed by atoms with E-state index < -0.39 is 0 Å². The zero-order valence-corrected chi connectivity index (χ0v) is 18.7. The predicted molar refractivity (Wildman–Crippen MR) is 127 cm³/mol. The third kappa shape index (κ3) is 5.92. The van der Waals surface area contributed by atoms with Crippen LogP contribution in [0.3, 0.4) is 0 Å². The molecule has 0 saturated carbocycles. The highest BCUT2D eigenvalue weighted by Gasteiger charge is 2.22. The largest absolute Gasteiger partial charge is 0.346 e. The van der Waals surface area contributed by atoms with E-state index in [2.05, 4.69) is 73.5 Å². The number of nitrogens with zero attached hydrogens (tertiary/aromatic N) is 4. The number of nitrogens with one attached hydrogen (secondary N) is 1. The topological polar surface area (TPSA) is 63.1 Å². The molecule has 2 aromatic carbocycles. The van der Waals surface area contributed by atoms with Gasteiger partial charge < -0.3 is 9.88 Å². The van der Waals surface area contributed by atoms with E-state index in [9.17, 15) is 4.79 Å². The highest BCUT2D eigenvalue weighted by atomic mass is 16.1. The summed E-state index contributed by atoms with van der Waals surface area (Å²) >= 11 is 0. The minimum absolute atomic E-state index is 0.0417. The van der Waals surface area contributed by atoms with Crippen LogP contribution >= 0.6 is 0 Å². The Morgan fingerprint density at radius 2 is 1.78 bits per heavy atom. The normalized spacial score (nSPS) is 15.3. The Hall–Kier alpha value is -3.25. The first kappa shape index (κ1) is 22.0. The van der Waals surface area contributed by atoms with Gasteiger partial charge in [-0.3, -0.25) is 9.69 Å². The number of carbonyl (C=O) groups excluding carboxylic acids is 1. The number of rotatable bonds is 8. The molecule has 1 atom stereocenters. The summed E-state index contributed by atoms with van der Waals surface area (Å²) in [6.07, 6.45) is 6.46. The second kappa shape index (κ2) is 10.9. The molecule has 166 valence electrons. The smallest absolute Gasteiger partial charge is 0.220 e. The van der Waals surface area contributed by atoms with Gasteiger partial charge in [-0.05, 0) is 24.5 Å². The summed E-state index contributed by atoms with van der Waals surface area (Å²) in [7, 11) is 0. The number of benzene rings is 2. The van der Waals surface area contributed by atoms with Crippen LogP contribution in [-0.4, -0.2) is 45.2 Å². The van der Waals surface area contributed by atoms with E-state index in [1.165, 1.54) is 11.1 Å². The first-order valence-corrected chi connectivity index (χ1v) is 11.4. The molecule has 0 saturated heterocycles. The third-order valence-corrected chi connectivity index (χ3v) is 5.87. The summed E-state index contributed by atoms with van der Waals surface area (Å²) in [5.41, 5.74) is 2.40. The number of aryl methyl sites for hydroxylation is 1. The van der Waals surface area contributed by atoms with Crippen molar-refractivity contribution in [1.29, 1.82) is 0 Å². The maximum absolute atomic E-state index is 12.5. The van der Waals surface area contributed by atoms with Crippen LogP contribution < -0.4 is 5.32 Å². The number of amides is 1. The van der Waals surface area contributed by atoms with Crippen LogP contribution in [-0.2, 0) is 24.2 Å². The molecule has 3 aromatic rings. The van der Waals surface area contributed by atoms with Gasteiger partial charge in [0, 0.05) is 39.0 Å². The van der Waals surface area contributed by atoms with E-state index in [0.717, 1.165) is 50.7 Å². The summed E-state index contributed by atoms with van der Waals surface area (Å²) in [4.78, 5) is 14.9. The molecule has 0 unspecified atom stereocenters. The van der Waals surface area contributed by atoms with Gasteiger partial charge in [0.25, 0.3) is 0 Å². The number of fused-ring (bicyclic) bond motifs is 1. The molecule has 0 fully saturated rings. The quantitative estimate of drug-likeness (QED) is 0.594. The molecule has 1 amide bonds. The molecule has 1 aromatic heterocycles. The molecular weight excluding hydrogens is 398 g/mol. The van der Waals surface area contributed by atoms with Gasteiger partial charge in [0.1, 0.15) is 5.82 Å². The standard InChI is InChI=1S/C26H31N5O/c1-21(27-25(32)15-14-23-11-6-3-7-12-23)26-29-28-24-16-18-30(19-20-31(24)26)17-8-13-22-9-4-2-5-10-22/h2-13,21H,14-20H2,1H3,(H,27,32)/b13-8+/t21-/m1/s1. The van der Waals surface area contributed by atoms with Crippen molar-refractivity contribution in [2.24, 2.45) is 0 Å². The Balaban J connectivity index is 1.29. The van der Waals surface area contributed by atoms with Crippen molar-refractivity contribution in [2.45, 2.75) is 38.8 Å². The van der Waals surface area contributed by atoms with Gasteiger partial charge in [-0.2, -0.15) is 0 Å². The molecule has 0 spiro atoms. The van der Waals surface area contributed by atoms with Crippen molar-refractivity contribution in [3.63, 3.8) is 0 Å². The third-order valence-electron chi connectivity index (χ3n) is 5.87. The van der Waals surface area contributed by atoms with Crippen LogP contribution in [0, 0.1) is 0 Å². The first-order valence-electron chi connectivity index (χ1n) is 11.4. The fourth-order valence-corrected chi connectivity index (χ4v) is 4.07. The minimum Gasteiger partial charge on any atom is -0.346 e. The Bertz CT molecular complexity index is 1030. The average molecular weight is 430 g/mol. The molecule has 6 nitrogen and oxygen atoms in total. The van der Waals surface area contributed by atoms with Crippen LogP contribution in [0.1, 0.15) is 42.2 Å². The number of hydrogen-bond donors (Lipinski definition) is 1. The maximum Gasteiger partial charge on any atom is 0.220 e. The van der Waals surface area contributed by atoms with Crippen LogP contribution in [0.4, 0.5) is 0 Å². The van der Waals surface area contributed by atoms with Crippen LogP contribution in [0.25, 0.3) is 6.08 Å². The lowest BCUT2D eigenvalue weighted by Gasteiger charge is -2.18. The molecule has 2 heterocycles. The summed E-state index contributed by atoms with van der Waals surface area (Å²) < 4.78 is 2.18. The second-order valence-electron chi connectivity index (χ2n) is 8.26. The van der Waals surface area contributed by atoms with Gasteiger partial charge in [-0.15, -0.1) is 10.2 Å². The Morgan fingerprint density at radius 1 is 1.03 bits per heavy atom. The van der Waals surface area contributed by atoms with E-state index in [1.54, 1.807) is 0 Å². The highest BCUT2D eigenvalue weighted by molar-refractivity contribution is 5.76. The predicted octanol–water partition coefficient (Wildman–Crippen LogP) is 3.66. The fraction of sp³-hybridized carbons (Fsp3) is 0.346. The lowest BCUT2D eigenvalue weighted by Crippen LogP contribution is -2.30. The van der Waals surface area contributed by atoms with Crippen molar-refractivity contribution in [1.82, 2.24) is 25.0 Å². The Kier molecular flexibility index (Phi) is 7.46. The Labute approximate surface area is 190 Å². The van der Waals surface area contributed by atoms with Crippen LogP contribution in [0.5, 0.6) is 0 Å². The van der Waals surface area contributed by atoms with E-state index in [1.807, 2.05) is 31.2 Å². The molecule has 32 heavy (non-hydrogen) atoms. The summed E-state index contributed by atoms with van der Waals surface area (Å²) in [6, 6.07) is 20.3. The zero-order valence-electron chi connectivity index (χ0n) is 18.7. The van der Waals surface area contributed by atoms with Crippen LogP contribution in [0.2, 0.25) is 0 Å². The molecule has 0 radical (unpaired) electrons. The summed E-state index contributed by atoms with van der Waals surface area (Å²) in [5, 5.41) is 11.9. The fourth-order valence-electron chi connectivity index (χ4n) is 4.07. The van der Waals surface area contributed by atoms with Gasteiger partial charge in [-0.25, -0.2) is 0 Å². The molecule has 0 aliphatic carbocycles. The van der Waals surface area contributed by atoms with Gasteiger partial charge >= 0.3 is 0 Å². The van der Waals surface area contributed by atoms with Gasteiger partial charge in [0.2, 0.25) is 5.91 Å². The Morgan fingerprint density at radius 3 is 2.56 bits per heavy atom. The average Bonchev–Trinajstić information content (AvgIpc) is 3.13. The highest BCUT2D eigenvalue weighted by Crippen LogP contribution is 2.16. The molecule has 1 N–H and O–H groups in total. The zero-order chi connectivity index (χ0) is 22.2. The lowest BCUT2D eigenvalue weighted by atomic mass is 10.1. The number of carbonyl (C=O) groups is 1. The van der Waals surface area contributed by atoms with Crippen molar-refractivity contribution >= 4 is 12.0 Å². The monoisotopic (exact) mass is 429 g/mol. The summed E-state index contributed by atoms with van der Waals surface area (Å²) in [5.74, 6) is 1.88.